The molecule has 128 valence electrons. The molecule has 6 heteroatoms. The highest BCUT2D eigenvalue weighted by molar-refractivity contribution is 5.75. The molecule has 0 bridgehead atoms. The predicted octanol–water partition coefficient (Wildman–Crippen LogP) is 3.25. The van der Waals surface area contributed by atoms with E-state index in [1.807, 2.05) is 0 Å². The number of hydrogen-bond acceptors (Lipinski definition) is 2. The number of carbonyl (C=O) groups excluding carboxylic acids is 1. The molecule has 0 aromatic heterocycles. The van der Waals surface area contributed by atoms with Gasteiger partial charge in [-0.2, -0.15) is 13.2 Å². The van der Waals surface area contributed by atoms with Gasteiger partial charge in [0.05, 0.1) is 5.92 Å². The van der Waals surface area contributed by atoms with Crippen molar-refractivity contribution < 1.29 is 18.0 Å². The van der Waals surface area contributed by atoms with E-state index in [1.54, 1.807) is 0 Å². The average Bonchev–Trinajstić information content (AvgIpc) is 2.51. The first-order chi connectivity index (χ1) is 10.5. The van der Waals surface area contributed by atoms with Crippen LogP contribution in [0.2, 0.25) is 0 Å². The van der Waals surface area contributed by atoms with Crippen LogP contribution in [0.5, 0.6) is 0 Å². The normalized spacial score (nSPS) is 27.6. The summed E-state index contributed by atoms with van der Waals surface area (Å²) in [4.78, 5) is 11.9. The lowest BCUT2D eigenvalue weighted by Crippen LogP contribution is -2.40. The molecule has 1 aliphatic carbocycles. The molecule has 0 radical (unpaired) electrons. The van der Waals surface area contributed by atoms with Crippen molar-refractivity contribution in [3.8, 4) is 0 Å². The molecule has 2 rings (SSSR count). The topological polar surface area (TPSA) is 41.1 Å². The summed E-state index contributed by atoms with van der Waals surface area (Å²) in [5.41, 5.74) is 0. The van der Waals surface area contributed by atoms with Crippen LogP contribution in [-0.4, -0.2) is 31.7 Å². The largest absolute Gasteiger partial charge is 0.392 e. The monoisotopic (exact) mass is 320 g/mol. The second-order valence-corrected chi connectivity index (χ2v) is 6.73. The molecule has 1 saturated carbocycles. The standard InChI is InChI=1S/C16H27F3N2O/c17-16(18,19)14-4-2-1-3-13(14)11-21-15(22)6-5-12-7-9-20-10-8-12/h12-14,20H,1-11H2,(H,21,22). The van der Waals surface area contributed by atoms with E-state index in [0.717, 1.165) is 38.8 Å². The summed E-state index contributed by atoms with van der Waals surface area (Å²) in [6.45, 7) is 2.18. The summed E-state index contributed by atoms with van der Waals surface area (Å²) >= 11 is 0. The summed E-state index contributed by atoms with van der Waals surface area (Å²) in [6.07, 6.45) is 1.59. The van der Waals surface area contributed by atoms with Gasteiger partial charge in [0, 0.05) is 13.0 Å². The number of piperidine rings is 1. The van der Waals surface area contributed by atoms with Crippen molar-refractivity contribution in [1.82, 2.24) is 10.6 Å². The summed E-state index contributed by atoms with van der Waals surface area (Å²) in [5, 5.41) is 6.02. The van der Waals surface area contributed by atoms with Gasteiger partial charge >= 0.3 is 6.18 Å². The number of carbonyl (C=O) groups is 1. The van der Waals surface area contributed by atoms with E-state index >= 15 is 0 Å². The molecule has 0 spiro atoms. The van der Waals surface area contributed by atoms with E-state index in [4.69, 9.17) is 0 Å². The van der Waals surface area contributed by atoms with Crippen LogP contribution in [-0.2, 0) is 4.79 Å². The molecular formula is C16H27F3N2O. The summed E-state index contributed by atoms with van der Waals surface area (Å²) in [6, 6.07) is 0. The zero-order chi connectivity index (χ0) is 16.0. The number of nitrogens with one attached hydrogen (secondary N) is 2. The van der Waals surface area contributed by atoms with Gasteiger partial charge in [-0.1, -0.05) is 12.8 Å². The first kappa shape index (κ1) is 17.6. The van der Waals surface area contributed by atoms with Crippen molar-refractivity contribution in [3.05, 3.63) is 0 Å². The lowest BCUT2D eigenvalue weighted by atomic mass is 9.78. The second-order valence-electron chi connectivity index (χ2n) is 6.73. The van der Waals surface area contributed by atoms with Crippen molar-refractivity contribution >= 4 is 5.91 Å². The van der Waals surface area contributed by atoms with Crippen LogP contribution in [0.1, 0.15) is 51.4 Å². The van der Waals surface area contributed by atoms with Crippen LogP contribution in [0.3, 0.4) is 0 Å². The Morgan fingerprint density at radius 2 is 1.77 bits per heavy atom. The van der Waals surface area contributed by atoms with Gasteiger partial charge in [0.25, 0.3) is 0 Å². The molecule has 1 amide bonds. The molecule has 2 fully saturated rings. The van der Waals surface area contributed by atoms with Gasteiger partial charge in [-0.15, -0.1) is 0 Å². The fourth-order valence-electron chi connectivity index (χ4n) is 3.72. The van der Waals surface area contributed by atoms with Crippen LogP contribution in [0.4, 0.5) is 13.2 Å². The Hall–Kier alpha value is -0.780. The molecular weight excluding hydrogens is 293 g/mol. The van der Waals surface area contributed by atoms with Crippen LogP contribution in [0.15, 0.2) is 0 Å². The lowest BCUT2D eigenvalue weighted by molar-refractivity contribution is -0.195. The summed E-state index contributed by atoms with van der Waals surface area (Å²) < 4.78 is 39.0. The highest BCUT2D eigenvalue weighted by Gasteiger charge is 2.45. The fourth-order valence-corrected chi connectivity index (χ4v) is 3.72. The Kier molecular flexibility index (Phi) is 6.53. The number of halogens is 3. The van der Waals surface area contributed by atoms with Gasteiger partial charge in [-0.05, 0) is 57.0 Å². The molecule has 0 aromatic carbocycles. The highest BCUT2D eigenvalue weighted by atomic mass is 19.4. The molecule has 2 unspecified atom stereocenters. The Morgan fingerprint density at radius 3 is 2.45 bits per heavy atom. The van der Waals surface area contributed by atoms with E-state index in [1.165, 1.54) is 0 Å². The minimum atomic E-state index is -4.13. The maximum Gasteiger partial charge on any atom is 0.392 e. The van der Waals surface area contributed by atoms with Gasteiger partial charge in [-0.25, -0.2) is 0 Å². The van der Waals surface area contributed by atoms with Gasteiger partial charge in [-0.3, -0.25) is 4.79 Å². The highest BCUT2D eigenvalue weighted by Crippen LogP contribution is 2.41. The van der Waals surface area contributed by atoms with E-state index in [0.29, 0.717) is 25.2 Å². The third kappa shape index (κ3) is 5.45. The van der Waals surface area contributed by atoms with E-state index < -0.39 is 18.0 Å². The predicted molar refractivity (Wildman–Crippen MR) is 79.3 cm³/mol. The smallest absolute Gasteiger partial charge is 0.356 e. The van der Waals surface area contributed by atoms with Crippen molar-refractivity contribution in [1.29, 1.82) is 0 Å². The van der Waals surface area contributed by atoms with Gasteiger partial charge in [0.15, 0.2) is 0 Å². The molecule has 1 aliphatic heterocycles. The molecule has 3 nitrogen and oxygen atoms in total. The third-order valence-corrected chi connectivity index (χ3v) is 5.13. The molecule has 0 aromatic rings. The molecule has 1 saturated heterocycles. The SMILES string of the molecule is O=C(CCC1CCNCC1)NCC1CCCCC1C(F)(F)F. The Balaban J connectivity index is 1.70. The summed E-state index contributed by atoms with van der Waals surface area (Å²) in [5.74, 6) is -1.21. The second kappa shape index (κ2) is 8.18. The Bertz CT molecular complexity index is 354. The Labute approximate surface area is 130 Å². The minimum Gasteiger partial charge on any atom is -0.356 e. The van der Waals surface area contributed by atoms with Crippen LogP contribution in [0, 0.1) is 17.8 Å². The van der Waals surface area contributed by atoms with Crippen LogP contribution >= 0.6 is 0 Å². The number of amides is 1. The van der Waals surface area contributed by atoms with Crippen molar-refractivity contribution in [2.45, 2.75) is 57.5 Å². The maximum atomic E-state index is 13.0. The van der Waals surface area contributed by atoms with Crippen molar-refractivity contribution in [2.75, 3.05) is 19.6 Å². The maximum absolute atomic E-state index is 13.0. The molecule has 1 heterocycles. The van der Waals surface area contributed by atoms with Crippen molar-refractivity contribution in [3.63, 3.8) is 0 Å². The fraction of sp³-hybridized carbons (Fsp3) is 0.938. The number of rotatable bonds is 5. The van der Waals surface area contributed by atoms with E-state index in [2.05, 4.69) is 10.6 Å². The lowest BCUT2D eigenvalue weighted by Gasteiger charge is -2.33. The first-order valence-corrected chi connectivity index (χ1v) is 8.51. The molecule has 2 atom stereocenters. The minimum absolute atomic E-state index is 0.0926. The van der Waals surface area contributed by atoms with E-state index in [-0.39, 0.29) is 18.9 Å². The first-order valence-electron chi connectivity index (χ1n) is 8.51. The zero-order valence-electron chi connectivity index (χ0n) is 13.1. The number of hydrogen-bond donors (Lipinski definition) is 2. The van der Waals surface area contributed by atoms with Crippen LogP contribution in [0.25, 0.3) is 0 Å². The number of alkyl halides is 3. The van der Waals surface area contributed by atoms with Crippen LogP contribution < -0.4 is 10.6 Å². The van der Waals surface area contributed by atoms with Gasteiger partial charge in [0.1, 0.15) is 0 Å². The Morgan fingerprint density at radius 1 is 1.09 bits per heavy atom. The average molecular weight is 320 g/mol. The zero-order valence-corrected chi connectivity index (χ0v) is 13.1. The molecule has 2 aliphatic rings. The van der Waals surface area contributed by atoms with E-state index in [9.17, 15) is 18.0 Å². The van der Waals surface area contributed by atoms with Gasteiger partial charge in [0.2, 0.25) is 5.91 Å². The van der Waals surface area contributed by atoms with Gasteiger partial charge < -0.3 is 10.6 Å². The van der Waals surface area contributed by atoms with Crippen molar-refractivity contribution in [2.24, 2.45) is 17.8 Å². The molecule has 22 heavy (non-hydrogen) atoms. The molecule has 2 N–H and O–H groups in total. The third-order valence-electron chi connectivity index (χ3n) is 5.13. The quantitative estimate of drug-likeness (QED) is 0.816. The summed E-state index contributed by atoms with van der Waals surface area (Å²) in [7, 11) is 0.